The predicted octanol–water partition coefficient (Wildman–Crippen LogP) is 4.40. The Morgan fingerprint density at radius 3 is 2.53 bits per heavy atom. The van der Waals surface area contributed by atoms with Crippen LogP contribution in [-0.4, -0.2) is 6.61 Å². The molecule has 0 spiro atoms. The molecule has 0 amide bonds. The van der Waals surface area contributed by atoms with Gasteiger partial charge in [-0.25, -0.2) is 0 Å². The van der Waals surface area contributed by atoms with Crippen LogP contribution in [-0.2, 0) is 11.3 Å². The zero-order valence-electron chi connectivity index (χ0n) is 10.6. The molecule has 0 unspecified atom stereocenters. The van der Waals surface area contributed by atoms with E-state index in [1.54, 1.807) is 0 Å². The minimum absolute atomic E-state index is 0.714. The molecule has 17 heavy (non-hydrogen) atoms. The maximum atomic E-state index is 5.68. The van der Waals surface area contributed by atoms with E-state index in [1.165, 1.54) is 16.3 Å². The maximum Gasteiger partial charge on any atom is 0.0717 e. The Morgan fingerprint density at radius 2 is 1.76 bits per heavy atom. The lowest BCUT2D eigenvalue weighted by Gasteiger charge is -2.07. The Bertz CT molecular complexity index is 474. The van der Waals surface area contributed by atoms with Crippen molar-refractivity contribution in [2.45, 2.75) is 26.9 Å². The van der Waals surface area contributed by atoms with Crippen LogP contribution in [0.2, 0.25) is 0 Å². The quantitative estimate of drug-likeness (QED) is 0.689. The van der Waals surface area contributed by atoms with Crippen molar-refractivity contribution >= 4 is 10.8 Å². The smallest absolute Gasteiger partial charge is 0.0717 e. The molecule has 0 aliphatic heterocycles. The Balaban J connectivity index is 1.95. The third kappa shape index (κ3) is 3.57. The molecule has 0 radical (unpaired) electrons. The second-order valence-electron chi connectivity index (χ2n) is 4.92. The third-order valence-corrected chi connectivity index (χ3v) is 2.92. The molecule has 0 aliphatic carbocycles. The van der Waals surface area contributed by atoms with Gasteiger partial charge in [0.2, 0.25) is 0 Å². The van der Waals surface area contributed by atoms with Gasteiger partial charge in [0.15, 0.2) is 0 Å². The summed E-state index contributed by atoms with van der Waals surface area (Å²) in [5.74, 6) is 0.714. The predicted molar refractivity (Wildman–Crippen MR) is 73.1 cm³/mol. The summed E-state index contributed by atoms with van der Waals surface area (Å²) in [5.41, 5.74) is 1.26. The van der Waals surface area contributed by atoms with Crippen LogP contribution >= 0.6 is 0 Å². The number of benzene rings is 2. The fraction of sp³-hybridized carbons (Fsp3) is 0.375. The van der Waals surface area contributed by atoms with Gasteiger partial charge in [0, 0.05) is 6.61 Å². The fourth-order valence-electron chi connectivity index (χ4n) is 1.84. The number of ether oxygens (including phenoxy) is 1. The highest BCUT2D eigenvalue weighted by atomic mass is 16.5. The molecule has 0 fully saturated rings. The molecule has 0 atom stereocenters. The van der Waals surface area contributed by atoms with Crippen LogP contribution in [0.4, 0.5) is 0 Å². The van der Waals surface area contributed by atoms with Gasteiger partial charge in [0.25, 0.3) is 0 Å². The van der Waals surface area contributed by atoms with Gasteiger partial charge in [-0.05, 0) is 34.7 Å². The summed E-state index contributed by atoms with van der Waals surface area (Å²) in [5, 5.41) is 2.58. The minimum atomic E-state index is 0.714. The van der Waals surface area contributed by atoms with Crippen molar-refractivity contribution in [2.75, 3.05) is 6.61 Å². The van der Waals surface area contributed by atoms with Crippen LogP contribution in [0, 0.1) is 5.92 Å². The lowest BCUT2D eigenvalue weighted by molar-refractivity contribution is 0.111. The van der Waals surface area contributed by atoms with Gasteiger partial charge in [-0.2, -0.15) is 0 Å². The van der Waals surface area contributed by atoms with Gasteiger partial charge in [0.1, 0.15) is 0 Å². The molecule has 0 saturated carbocycles. The average Bonchev–Trinajstić information content (AvgIpc) is 2.34. The third-order valence-electron chi connectivity index (χ3n) is 2.92. The molecule has 1 heteroatoms. The highest BCUT2D eigenvalue weighted by Gasteiger charge is 1.98. The zero-order valence-corrected chi connectivity index (χ0v) is 10.6. The van der Waals surface area contributed by atoms with Crippen molar-refractivity contribution in [2.24, 2.45) is 5.92 Å². The molecular formula is C16H20O. The van der Waals surface area contributed by atoms with E-state index in [4.69, 9.17) is 4.74 Å². The van der Waals surface area contributed by atoms with E-state index in [0.717, 1.165) is 19.6 Å². The van der Waals surface area contributed by atoms with Crippen LogP contribution < -0.4 is 0 Å². The van der Waals surface area contributed by atoms with E-state index in [2.05, 4.69) is 56.3 Å². The van der Waals surface area contributed by atoms with Crippen molar-refractivity contribution in [3.05, 3.63) is 48.0 Å². The van der Waals surface area contributed by atoms with Crippen LogP contribution in [0.25, 0.3) is 10.8 Å². The summed E-state index contributed by atoms with van der Waals surface area (Å²) in [4.78, 5) is 0. The van der Waals surface area contributed by atoms with Gasteiger partial charge in [-0.1, -0.05) is 50.2 Å². The van der Waals surface area contributed by atoms with Gasteiger partial charge in [-0.3, -0.25) is 0 Å². The first-order chi connectivity index (χ1) is 8.25. The Kier molecular flexibility index (Phi) is 4.16. The normalized spacial score (nSPS) is 11.2. The van der Waals surface area contributed by atoms with Gasteiger partial charge in [-0.15, -0.1) is 0 Å². The van der Waals surface area contributed by atoms with Crippen molar-refractivity contribution < 1.29 is 4.74 Å². The van der Waals surface area contributed by atoms with E-state index in [-0.39, 0.29) is 0 Å². The van der Waals surface area contributed by atoms with Crippen molar-refractivity contribution in [3.8, 4) is 0 Å². The second-order valence-corrected chi connectivity index (χ2v) is 4.92. The number of rotatable bonds is 5. The van der Waals surface area contributed by atoms with Crippen molar-refractivity contribution in [3.63, 3.8) is 0 Å². The summed E-state index contributed by atoms with van der Waals surface area (Å²) in [6.07, 6.45) is 1.13. The summed E-state index contributed by atoms with van der Waals surface area (Å²) in [6.45, 7) is 6.01. The summed E-state index contributed by atoms with van der Waals surface area (Å²) >= 11 is 0. The molecule has 0 saturated heterocycles. The monoisotopic (exact) mass is 228 g/mol. The zero-order chi connectivity index (χ0) is 12.1. The lowest BCUT2D eigenvalue weighted by atomic mass is 10.1. The number of hydrogen-bond acceptors (Lipinski definition) is 1. The average molecular weight is 228 g/mol. The maximum absolute atomic E-state index is 5.68. The first kappa shape index (κ1) is 12.1. The van der Waals surface area contributed by atoms with E-state index < -0.39 is 0 Å². The molecule has 0 heterocycles. The van der Waals surface area contributed by atoms with Gasteiger partial charge in [0.05, 0.1) is 6.61 Å². The van der Waals surface area contributed by atoms with Gasteiger partial charge < -0.3 is 4.74 Å². The molecule has 2 rings (SSSR count). The molecule has 2 aromatic carbocycles. The van der Waals surface area contributed by atoms with Crippen LogP contribution in [0.5, 0.6) is 0 Å². The molecule has 2 aromatic rings. The standard InChI is InChI=1S/C16H20O/c1-13(2)9-10-17-12-14-7-8-15-5-3-4-6-16(15)11-14/h3-8,11,13H,9-10,12H2,1-2H3. The molecule has 1 nitrogen and oxygen atoms in total. The van der Waals surface area contributed by atoms with Gasteiger partial charge >= 0.3 is 0 Å². The molecule has 0 bridgehead atoms. The topological polar surface area (TPSA) is 9.23 Å². The largest absolute Gasteiger partial charge is 0.377 e. The molecule has 0 N–H and O–H groups in total. The second kappa shape index (κ2) is 5.83. The number of fused-ring (bicyclic) bond motifs is 1. The summed E-state index contributed by atoms with van der Waals surface area (Å²) in [7, 11) is 0. The van der Waals surface area contributed by atoms with Crippen LogP contribution in [0.1, 0.15) is 25.8 Å². The van der Waals surface area contributed by atoms with E-state index in [1.807, 2.05) is 0 Å². The Hall–Kier alpha value is -1.34. The van der Waals surface area contributed by atoms with E-state index in [0.29, 0.717) is 5.92 Å². The minimum Gasteiger partial charge on any atom is -0.377 e. The lowest BCUT2D eigenvalue weighted by Crippen LogP contribution is -1.99. The highest BCUT2D eigenvalue weighted by molar-refractivity contribution is 5.82. The molecular weight excluding hydrogens is 208 g/mol. The fourth-order valence-corrected chi connectivity index (χ4v) is 1.84. The Labute approximate surface area is 103 Å². The summed E-state index contributed by atoms with van der Waals surface area (Å²) in [6, 6.07) is 15.0. The number of hydrogen-bond donors (Lipinski definition) is 0. The van der Waals surface area contributed by atoms with Crippen LogP contribution in [0.3, 0.4) is 0 Å². The molecule has 0 aliphatic rings. The van der Waals surface area contributed by atoms with E-state index >= 15 is 0 Å². The van der Waals surface area contributed by atoms with Crippen molar-refractivity contribution in [1.82, 2.24) is 0 Å². The Morgan fingerprint density at radius 1 is 1.00 bits per heavy atom. The van der Waals surface area contributed by atoms with E-state index in [9.17, 15) is 0 Å². The SMILES string of the molecule is CC(C)CCOCc1ccc2ccccc2c1. The molecule has 0 aromatic heterocycles. The van der Waals surface area contributed by atoms with Crippen LogP contribution in [0.15, 0.2) is 42.5 Å². The summed E-state index contributed by atoms with van der Waals surface area (Å²) < 4.78 is 5.68. The molecule has 90 valence electrons. The first-order valence-electron chi connectivity index (χ1n) is 6.31. The van der Waals surface area contributed by atoms with Crippen molar-refractivity contribution in [1.29, 1.82) is 0 Å². The highest BCUT2D eigenvalue weighted by Crippen LogP contribution is 2.16. The first-order valence-corrected chi connectivity index (χ1v) is 6.31.